The molecule has 2 saturated heterocycles. The maximum atomic E-state index is 11.8. The van der Waals surface area contributed by atoms with Crippen molar-refractivity contribution < 1.29 is 9.90 Å². The first-order valence-corrected chi connectivity index (χ1v) is 10.7. The highest BCUT2D eigenvalue weighted by atomic mass is 16.3. The Balaban J connectivity index is 1.36. The first-order valence-electron chi connectivity index (χ1n) is 10.7. The van der Waals surface area contributed by atoms with E-state index >= 15 is 0 Å². The van der Waals surface area contributed by atoms with Gasteiger partial charge in [0, 0.05) is 52.2 Å². The van der Waals surface area contributed by atoms with Crippen LogP contribution in [0.15, 0.2) is 60.7 Å². The summed E-state index contributed by atoms with van der Waals surface area (Å²) in [6.45, 7) is 5.68. The minimum absolute atomic E-state index is 0.183. The van der Waals surface area contributed by atoms with Gasteiger partial charge in [0.2, 0.25) is 5.91 Å². The van der Waals surface area contributed by atoms with Gasteiger partial charge in [0.05, 0.1) is 12.1 Å². The number of benzene rings is 2. The Hall–Kier alpha value is -2.21. The van der Waals surface area contributed by atoms with Gasteiger partial charge in [-0.3, -0.25) is 14.6 Å². The molecule has 0 saturated carbocycles. The first kappa shape index (κ1) is 20.1. The maximum Gasteiger partial charge on any atom is 0.222 e. The van der Waals surface area contributed by atoms with Crippen LogP contribution in [0, 0.1) is 0 Å². The molecule has 1 unspecified atom stereocenters. The number of aliphatic hydroxyl groups excluding tert-OH is 1. The average molecular weight is 394 g/mol. The lowest BCUT2D eigenvalue weighted by Crippen LogP contribution is -2.51. The number of carbonyl (C=O) groups excluding carboxylic acids is 1. The summed E-state index contributed by atoms with van der Waals surface area (Å²) >= 11 is 0. The molecule has 29 heavy (non-hydrogen) atoms. The van der Waals surface area contributed by atoms with E-state index < -0.39 is 6.10 Å². The summed E-state index contributed by atoms with van der Waals surface area (Å²) in [6, 6.07) is 21.7. The fourth-order valence-corrected chi connectivity index (χ4v) is 4.60. The van der Waals surface area contributed by atoms with Crippen molar-refractivity contribution in [1.82, 2.24) is 14.7 Å². The van der Waals surface area contributed by atoms with Crippen LogP contribution in [0.3, 0.4) is 0 Å². The summed E-state index contributed by atoms with van der Waals surface area (Å²) in [6.07, 6.45) is 1.08. The van der Waals surface area contributed by atoms with Gasteiger partial charge in [-0.25, -0.2) is 0 Å². The molecule has 154 valence electrons. The highest BCUT2D eigenvalue weighted by Crippen LogP contribution is 2.29. The van der Waals surface area contributed by atoms with Crippen molar-refractivity contribution in [2.45, 2.75) is 25.0 Å². The molecule has 2 aromatic carbocycles. The molecule has 0 bridgehead atoms. The van der Waals surface area contributed by atoms with Gasteiger partial charge >= 0.3 is 0 Å². The number of hydrogen-bond acceptors (Lipinski definition) is 4. The average Bonchev–Trinajstić information content (AvgIpc) is 3.15. The van der Waals surface area contributed by atoms with Crippen LogP contribution < -0.4 is 0 Å². The standard InChI is InChI=1S/C24H31N3O2/c28-22(19-27-13-7-12-23(27)29)18-25-14-16-26(17-15-25)24(20-8-3-1-4-9-20)21-10-5-2-6-11-21/h1-6,8-11,22,24,28H,7,12-19H2. The molecular formula is C24H31N3O2. The van der Waals surface area contributed by atoms with Gasteiger partial charge < -0.3 is 10.0 Å². The van der Waals surface area contributed by atoms with Gasteiger partial charge in [-0.2, -0.15) is 0 Å². The Labute approximate surface area is 173 Å². The molecule has 2 fully saturated rings. The highest BCUT2D eigenvalue weighted by Gasteiger charge is 2.28. The molecule has 5 heteroatoms. The van der Waals surface area contributed by atoms with Crippen LogP contribution in [0.4, 0.5) is 0 Å². The summed E-state index contributed by atoms with van der Waals surface area (Å²) in [4.78, 5) is 18.5. The Morgan fingerprint density at radius 3 is 1.90 bits per heavy atom. The molecule has 5 nitrogen and oxygen atoms in total. The van der Waals surface area contributed by atoms with E-state index in [-0.39, 0.29) is 11.9 Å². The van der Waals surface area contributed by atoms with Crippen molar-refractivity contribution >= 4 is 5.91 Å². The van der Waals surface area contributed by atoms with Crippen LogP contribution in [-0.2, 0) is 4.79 Å². The van der Waals surface area contributed by atoms with Gasteiger partial charge in [-0.05, 0) is 17.5 Å². The van der Waals surface area contributed by atoms with Crippen LogP contribution in [0.25, 0.3) is 0 Å². The van der Waals surface area contributed by atoms with E-state index in [9.17, 15) is 9.90 Å². The summed E-state index contributed by atoms with van der Waals surface area (Å²) < 4.78 is 0. The molecule has 2 aliphatic rings. The number of amides is 1. The zero-order valence-corrected chi connectivity index (χ0v) is 17.0. The molecule has 0 aromatic heterocycles. The van der Waals surface area contributed by atoms with E-state index in [1.807, 2.05) is 4.90 Å². The highest BCUT2D eigenvalue weighted by molar-refractivity contribution is 5.78. The first-order chi connectivity index (χ1) is 14.2. The fraction of sp³-hybridized carbons (Fsp3) is 0.458. The molecule has 4 rings (SSSR count). The zero-order valence-electron chi connectivity index (χ0n) is 17.0. The third kappa shape index (κ3) is 5.04. The Morgan fingerprint density at radius 2 is 1.38 bits per heavy atom. The topological polar surface area (TPSA) is 47.0 Å². The number of nitrogens with zero attached hydrogens (tertiary/aromatic N) is 3. The van der Waals surface area contributed by atoms with E-state index in [2.05, 4.69) is 70.5 Å². The molecular weight excluding hydrogens is 362 g/mol. The second kappa shape index (κ2) is 9.53. The lowest BCUT2D eigenvalue weighted by Gasteiger charge is -2.40. The monoisotopic (exact) mass is 393 g/mol. The second-order valence-corrected chi connectivity index (χ2v) is 8.16. The normalized spacial score (nSPS) is 19.8. The molecule has 0 spiro atoms. The van der Waals surface area contributed by atoms with Crippen LogP contribution in [0.2, 0.25) is 0 Å². The van der Waals surface area contributed by atoms with Crippen LogP contribution >= 0.6 is 0 Å². The van der Waals surface area contributed by atoms with E-state index in [0.29, 0.717) is 19.5 Å². The van der Waals surface area contributed by atoms with E-state index in [1.54, 1.807) is 0 Å². The van der Waals surface area contributed by atoms with Crippen molar-refractivity contribution in [2.75, 3.05) is 45.8 Å². The second-order valence-electron chi connectivity index (χ2n) is 8.16. The minimum atomic E-state index is -0.470. The van der Waals surface area contributed by atoms with Crippen molar-refractivity contribution in [3.63, 3.8) is 0 Å². The van der Waals surface area contributed by atoms with Crippen molar-refractivity contribution in [3.05, 3.63) is 71.8 Å². The van der Waals surface area contributed by atoms with Crippen LogP contribution in [0.1, 0.15) is 30.0 Å². The fourth-order valence-electron chi connectivity index (χ4n) is 4.60. The number of piperazine rings is 1. The molecule has 1 N–H and O–H groups in total. The third-order valence-electron chi connectivity index (χ3n) is 6.07. The van der Waals surface area contributed by atoms with Crippen molar-refractivity contribution in [1.29, 1.82) is 0 Å². The smallest absolute Gasteiger partial charge is 0.222 e. The number of hydrogen-bond donors (Lipinski definition) is 1. The quantitative estimate of drug-likeness (QED) is 0.785. The van der Waals surface area contributed by atoms with Gasteiger partial charge in [-0.15, -0.1) is 0 Å². The summed E-state index contributed by atoms with van der Waals surface area (Å²) in [5, 5.41) is 10.5. The molecule has 2 aromatic rings. The lowest BCUT2D eigenvalue weighted by atomic mass is 9.96. The Bertz CT molecular complexity index is 736. The van der Waals surface area contributed by atoms with Gasteiger partial charge in [0.25, 0.3) is 0 Å². The maximum absolute atomic E-state index is 11.8. The zero-order chi connectivity index (χ0) is 20.1. The minimum Gasteiger partial charge on any atom is -0.390 e. The number of rotatable bonds is 7. The van der Waals surface area contributed by atoms with Gasteiger partial charge in [-0.1, -0.05) is 60.7 Å². The number of carbonyl (C=O) groups is 1. The van der Waals surface area contributed by atoms with E-state index in [0.717, 1.165) is 39.1 Å². The summed E-state index contributed by atoms with van der Waals surface area (Å²) in [5.74, 6) is 0.183. The van der Waals surface area contributed by atoms with Crippen LogP contribution in [-0.4, -0.2) is 77.6 Å². The molecule has 1 amide bonds. The molecule has 2 aliphatic heterocycles. The third-order valence-corrected chi connectivity index (χ3v) is 6.07. The van der Waals surface area contributed by atoms with Crippen molar-refractivity contribution in [2.24, 2.45) is 0 Å². The van der Waals surface area contributed by atoms with Gasteiger partial charge in [0.1, 0.15) is 0 Å². The molecule has 0 aliphatic carbocycles. The number of likely N-dealkylation sites (tertiary alicyclic amines) is 1. The van der Waals surface area contributed by atoms with E-state index in [4.69, 9.17) is 0 Å². The lowest BCUT2D eigenvalue weighted by molar-refractivity contribution is -0.129. The number of aliphatic hydroxyl groups is 1. The molecule has 0 radical (unpaired) electrons. The molecule has 2 heterocycles. The largest absolute Gasteiger partial charge is 0.390 e. The summed E-state index contributed by atoms with van der Waals surface area (Å²) in [5.41, 5.74) is 2.64. The predicted molar refractivity (Wildman–Crippen MR) is 115 cm³/mol. The van der Waals surface area contributed by atoms with Crippen LogP contribution in [0.5, 0.6) is 0 Å². The SMILES string of the molecule is O=C1CCCN1CC(O)CN1CCN(C(c2ccccc2)c2ccccc2)CC1. The van der Waals surface area contributed by atoms with Gasteiger partial charge in [0.15, 0.2) is 0 Å². The predicted octanol–water partition coefficient (Wildman–Crippen LogP) is 2.38. The Kier molecular flexibility index (Phi) is 6.60. The Morgan fingerprint density at radius 1 is 0.793 bits per heavy atom. The molecule has 1 atom stereocenters. The summed E-state index contributed by atoms with van der Waals surface area (Å²) in [7, 11) is 0. The number of β-amino-alcohol motifs (C(OH)–C–C–N with tert-alkyl or cyclic N) is 1. The van der Waals surface area contributed by atoms with Crippen molar-refractivity contribution in [3.8, 4) is 0 Å². The van der Waals surface area contributed by atoms with E-state index in [1.165, 1.54) is 11.1 Å².